The third-order valence-electron chi connectivity index (χ3n) is 3.71. The highest BCUT2D eigenvalue weighted by Gasteiger charge is 2.36. The number of amides is 1. The van der Waals surface area contributed by atoms with Crippen molar-refractivity contribution >= 4 is 5.91 Å². The molecule has 0 spiro atoms. The van der Waals surface area contributed by atoms with Crippen molar-refractivity contribution in [3.05, 3.63) is 35.6 Å². The highest BCUT2D eigenvalue weighted by atomic mass is 19.1. The third-order valence-corrected chi connectivity index (χ3v) is 3.71. The summed E-state index contributed by atoms with van der Waals surface area (Å²) in [4.78, 5) is 11.9. The zero-order valence-corrected chi connectivity index (χ0v) is 10.6. The number of hydrogen-bond donors (Lipinski definition) is 2. The highest BCUT2D eigenvalue weighted by molar-refractivity contribution is 5.94. The molecule has 18 heavy (non-hydrogen) atoms. The van der Waals surface area contributed by atoms with E-state index in [9.17, 15) is 9.18 Å². The van der Waals surface area contributed by atoms with Crippen LogP contribution in [0.4, 0.5) is 4.39 Å². The molecule has 1 amide bonds. The third kappa shape index (κ3) is 2.70. The van der Waals surface area contributed by atoms with Crippen molar-refractivity contribution in [2.45, 2.75) is 19.3 Å². The van der Waals surface area contributed by atoms with Gasteiger partial charge in [-0.2, -0.15) is 0 Å². The second-order valence-electron chi connectivity index (χ2n) is 5.05. The molecule has 1 aliphatic carbocycles. The van der Waals surface area contributed by atoms with E-state index in [0.29, 0.717) is 6.54 Å². The van der Waals surface area contributed by atoms with Crippen LogP contribution in [-0.2, 0) is 0 Å². The minimum Gasteiger partial charge on any atom is -0.351 e. The van der Waals surface area contributed by atoms with Crippen LogP contribution in [-0.4, -0.2) is 26.0 Å². The van der Waals surface area contributed by atoms with Gasteiger partial charge in [0.2, 0.25) is 0 Å². The topological polar surface area (TPSA) is 41.1 Å². The van der Waals surface area contributed by atoms with Gasteiger partial charge in [-0.25, -0.2) is 4.39 Å². The number of rotatable bonds is 5. The molecular weight excluding hydrogens is 231 g/mol. The molecule has 2 rings (SSSR count). The lowest BCUT2D eigenvalue weighted by Crippen LogP contribution is -2.47. The van der Waals surface area contributed by atoms with E-state index in [1.165, 1.54) is 18.6 Å². The fraction of sp³-hybridized carbons (Fsp3) is 0.500. The number of nitrogens with one attached hydrogen (secondary N) is 2. The van der Waals surface area contributed by atoms with Crippen molar-refractivity contribution in [2.24, 2.45) is 5.41 Å². The Balaban J connectivity index is 1.94. The van der Waals surface area contributed by atoms with Crippen LogP contribution in [0.3, 0.4) is 0 Å². The first-order valence-electron chi connectivity index (χ1n) is 6.34. The lowest BCUT2D eigenvalue weighted by Gasteiger charge is -2.42. The zero-order chi connectivity index (χ0) is 13.0. The van der Waals surface area contributed by atoms with Crippen molar-refractivity contribution in [2.75, 3.05) is 20.1 Å². The van der Waals surface area contributed by atoms with Gasteiger partial charge >= 0.3 is 0 Å². The maximum absolute atomic E-state index is 13.4. The van der Waals surface area contributed by atoms with E-state index in [1.807, 2.05) is 7.05 Å². The summed E-state index contributed by atoms with van der Waals surface area (Å²) in [5, 5.41) is 6.01. The smallest absolute Gasteiger partial charge is 0.254 e. The summed E-state index contributed by atoms with van der Waals surface area (Å²) in [6.45, 7) is 1.51. The van der Waals surface area contributed by atoms with Gasteiger partial charge in [-0.3, -0.25) is 4.79 Å². The predicted octanol–water partition coefficient (Wildman–Crippen LogP) is 1.95. The van der Waals surface area contributed by atoms with Gasteiger partial charge in [-0.1, -0.05) is 18.6 Å². The highest BCUT2D eigenvalue weighted by Crippen LogP contribution is 2.39. The number of carbonyl (C=O) groups excluding carboxylic acids is 1. The average Bonchev–Trinajstić information content (AvgIpc) is 2.32. The molecule has 2 N–H and O–H groups in total. The summed E-state index contributed by atoms with van der Waals surface area (Å²) in [5.74, 6) is -0.790. The predicted molar refractivity (Wildman–Crippen MR) is 68.9 cm³/mol. The first-order chi connectivity index (χ1) is 8.67. The number of halogens is 1. The molecule has 1 fully saturated rings. The second-order valence-corrected chi connectivity index (χ2v) is 5.05. The molecule has 0 radical (unpaired) electrons. The summed E-state index contributed by atoms with van der Waals surface area (Å²) in [6, 6.07) is 6.07. The van der Waals surface area contributed by atoms with E-state index in [2.05, 4.69) is 10.6 Å². The Bertz CT molecular complexity index is 430. The molecule has 0 aliphatic heterocycles. The lowest BCUT2D eigenvalue weighted by atomic mass is 9.68. The van der Waals surface area contributed by atoms with E-state index < -0.39 is 5.82 Å². The second kappa shape index (κ2) is 5.48. The molecule has 1 aromatic carbocycles. The summed E-state index contributed by atoms with van der Waals surface area (Å²) in [5.41, 5.74) is 0.284. The Morgan fingerprint density at radius 3 is 2.61 bits per heavy atom. The quantitative estimate of drug-likeness (QED) is 0.838. The average molecular weight is 250 g/mol. The molecule has 4 heteroatoms. The largest absolute Gasteiger partial charge is 0.351 e. The van der Waals surface area contributed by atoms with Gasteiger partial charge in [0.15, 0.2) is 0 Å². The summed E-state index contributed by atoms with van der Waals surface area (Å²) >= 11 is 0. The minimum absolute atomic E-state index is 0.122. The van der Waals surface area contributed by atoms with Crippen LogP contribution in [0, 0.1) is 11.2 Å². The molecule has 0 bridgehead atoms. The Kier molecular flexibility index (Phi) is 3.97. The molecule has 0 heterocycles. The first-order valence-corrected chi connectivity index (χ1v) is 6.34. The molecule has 0 atom stereocenters. The van der Waals surface area contributed by atoms with Gasteiger partial charge in [-0.15, -0.1) is 0 Å². The van der Waals surface area contributed by atoms with E-state index in [-0.39, 0.29) is 16.9 Å². The molecule has 0 saturated heterocycles. The summed E-state index contributed by atoms with van der Waals surface area (Å²) in [6.07, 6.45) is 3.44. The molecule has 98 valence electrons. The molecular formula is C14H19FN2O. The van der Waals surface area contributed by atoms with Gasteiger partial charge in [0.1, 0.15) is 5.82 Å². The molecule has 1 aliphatic rings. The lowest BCUT2D eigenvalue weighted by molar-refractivity contribution is 0.0858. The maximum Gasteiger partial charge on any atom is 0.254 e. The van der Waals surface area contributed by atoms with Crippen LogP contribution in [0.15, 0.2) is 24.3 Å². The Labute approximate surface area is 107 Å². The van der Waals surface area contributed by atoms with E-state index in [0.717, 1.165) is 19.4 Å². The van der Waals surface area contributed by atoms with Crippen molar-refractivity contribution in [1.82, 2.24) is 10.6 Å². The Morgan fingerprint density at radius 1 is 1.33 bits per heavy atom. The monoisotopic (exact) mass is 250 g/mol. The fourth-order valence-corrected chi connectivity index (χ4v) is 2.48. The molecule has 0 unspecified atom stereocenters. The van der Waals surface area contributed by atoms with Crippen LogP contribution in [0.25, 0.3) is 0 Å². The van der Waals surface area contributed by atoms with Crippen LogP contribution in [0.1, 0.15) is 29.6 Å². The standard InChI is InChI=1S/C14H19FN2O/c1-16-9-14(7-4-8-14)10-17-13(18)11-5-2-3-6-12(11)15/h2-3,5-6,16H,4,7-10H2,1H3,(H,17,18). The van der Waals surface area contributed by atoms with Crippen LogP contribution < -0.4 is 10.6 Å². The van der Waals surface area contributed by atoms with Crippen LogP contribution >= 0.6 is 0 Å². The van der Waals surface area contributed by atoms with Gasteiger partial charge < -0.3 is 10.6 Å². The summed E-state index contributed by atoms with van der Waals surface area (Å²) in [7, 11) is 1.92. The van der Waals surface area contributed by atoms with E-state index in [4.69, 9.17) is 0 Å². The fourth-order valence-electron chi connectivity index (χ4n) is 2.48. The maximum atomic E-state index is 13.4. The normalized spacial score (nSPS) is 17.0. The number of carbonyl (C=O) groups is 1. The molecule has 3 nitrogen and oxygen atoms in total. The number of benzene rings is 1. The van der Waals surface area contributed by atoms with E-state index >= 15 is 0 Å². The van der Waals surface area contributed by atoms with Gasteiger partial charge in [0.25, 0.3) is 5.91 Å². The SMILES string of the molecule is CNCC1(CNC(=O)c2ccccc2F)CCC1. The molecule has 0 aromatic heterocycles. The Hall–Kier alpha value is -1.42. The van der Waals surface area contributed by atoms with Crippen LogP contribution in [0.5, 0.6) is 0 Å². The van der Waals surface area contributed by atoms with Crippen LogP contribution in [0.2, 0.25) is 0 Å². The zero-order valence-electron chi connectivity index (χ0n) is 10.6. The summed E-state index contributed by atoms with van der Waals surface area (Å²) < 4.78 is 13.4. The number of hydrogen-bond acceptors (Lipinski definition) is 2. The molecule has 1 aromatic rings. The van der Waals surface area contributed by atoms with Gasteiger partial charge in [0.05, 0.1) is 5.56 Å². The first kappa shape index (κ1) is 13.0. The minimum atomic E-state index is -0.466. The van der Waals surface area contributed by atoms with Gasteiger partial charge in [-0.05, 0) is 32.0 Å². The Morgan fingerprint density at radius 2 is 2.06 bits per heavy atom. The van der Waals surface area contributed by atoms with E-state index in [1.54, 1.807) is 12.1 Å². The van der Waals surface area contributed by atoms with Crippen molar-refractivity contribution in [3.63, 3.8) is 0 Å². The molecule has 1 saturated carbocycles. The van der Waals surface area contributed by atoms with Crippen molar-refractivity contribution < 1.29 is 9.18 Å². The van der Waals surface area contributed by atoms with Crippen molar-refractivity contribution in [3.8, 4) is 0 Å². The van der Waals surface area contributed by atoms with Gasteiger partial charge in [0, 0.05) is 18.5 Å². The van der Waals surface area contributed by atoms with Crippen molar-refractivity contribution in [1.29, 1.82) is 0 Å².